The van der Waals surface area contributed by atoms with Crippen LogP contribution >= 0.6 is 27.5 Å². The van der Waals surface area contributed by atoms with Gasteiger partial charge < -0.3 is 0 Å². The van der Waals surface area contributed by atoms with Crippen LogP contribution in [0.1, 0.15) is 23.4 Å². The molecule has 0 N–H and O–H groups in total. The van der Waals surface area contributed by atoms with Crippen LogP contribution in [0.3, 0.4) is 0 Å². The summed E-state index contributed by atoms with van der Waals surface area (Å²) in [6.45, 7) is 0.777. The molecule has 0 saturated carbocycles. The van der Waals surface area contributed by atoms with Gasteiger partial charge in [0.2, 0.25) is 0 Å². The number of benzene rings is 1. The molecule has 0 heterocycles. The van der Waals surface area contributed by atoms with E-state index in [1.54, 1.807) is 18.2 Å². The van der Waals surface area contributed by atoms with Gasteiger partial charge >= 0.3 is 0 Å². The monoisotopic (exact) mass is 278 g/mol. The lowest BCUT2D eigenvalue weighted by Crippen LogP contribution is -2.04. The highest BCUT2D eigenvalue weighted by atomic mass is 79.9. The molecule has 0 saturated heterocycles. The van der Waals surface area contributed by atoms with E-state index in [1.165, 1.54) is 6.92 Å². The van der Waals surface area contributed by atoms with Crippen molar-refractivity contribution in [3.8, 4) is 0 Å². The van der Waals surface area contributed by atoms with Gasteiger partial charge in [0.15, 0.2) is 5.78 Å². The molecule has 0 radical (unpaired) electrons. The van der Waals surface area contributed by atoms with E-state index in [-0.39, 0.29) is 5.78 Å². The zero-order chi connectivity index (χ0) is 10.7. The first-order valence-electron chi connectivity index (χ1n) is 4.05. The van der Waals surface area contributed by atoms with Gasteiger partial charge in [0, 0.05) is 4.47 Å². The van der Waals surface area contributed by atoms with Crippen molar-refractivity contribution >= 4 is 33.3 Å². The predicted octanol–water partition coefficient (Wildman–Crippen LogP) is 3.79. The molecule has 0 spiro atoms. The molecule has 1 unspecified atom stereocenters. The fourth-order valence-corrected chi connectivity index (χ4v) is 1.72. The maximum atomic E-state index is 12.6. The van der Waals surface area contributed by atoms with Gasteiger partial charge in [-0.25, -0.2) is 4.39 Å². The molecule has 1 aromatic rings. The summed E-state index contributed by atoms with van der Waals surface area (Å²) in [7, 11) is 0. The second kappa shape index (κ2) is 4.89. The number of carbonyl (C=O) groups is 1. The van der Waals surface area contributed by atoms with Crippen molar-refractivity contribution in [2.75, 3.05) is 0 Å². The van der Waals surface area contributed by atoms with E-state index in [9.17, 15) is 9.18 Å². The minimum Gasteiger partial charge on any atom is -0.298 e. The van der Waals surface area contributed by atoms with Gasteiger partial charge in [0.05, 0.1) is 0 Å². The van der Waals surface area contributed by atoms with Gasteiger partial charge in [-0.1, -0.05) is 22.0 Å². The molecule has 0 aliphatic heterocycles. The molecule has 1 rings (SSSR count). The maximum absolute atomic E-state index is 12.6. The Kier molecular flexibility index (Phi) is 4.08. The van der Waals surface area contributed by atoms with E-state index < -0.39 is 12.1 Å². The highest BCUT2D eigenvalue weighted by Gasteiger charge is 2.17. The van der Waals surface area contributed by atoms with E-state index in [1.807, 2.05) is 0 Å². The van der Waals surface area contributed by atoms with E-state index >= 15 is 0 Å². The van der Waals surface area contributed by atoms with E-state index in [0.717, 1.165) is 4.47 Å². The van der Waals surface area contributed by atoms with Crippen LogP contribution in [0, 0.1) is 0 Å². The Morgan fingerprint density at radius 3 is 2.79 bits per heavy atom. The summed E-state index contributed by atoms with van der Waals surface area (Å²) >= 11 is 9.11. The summed E-state index contributed by atoms with van der Waals surface area (Å²) in [6, 6.07) is 5.02. The van der Waals surface area contributed by atoms with Crippen LogP contribution in [0.15, 0.2) is 22.7 Å². The Bertz CT molecular complexity index is 354. The first kappa shape index (κ1) is 11.7. The first-order valence-corrected chi connectivity index (χ1v) is 5.28. The van der Waals surface area contributed by atoms with Crippen LogP contribution < -0.4 is 0 Å². The normalized spacial score (nSPS) is 12.6. The van der Waals surface area contributed by atoms with Gasteiger partial charge in [0.1, 0.15) is 12.1 Å². The van der Waals surface area contributed by atoms with Crippen LogP contribution in [-0.2, 0) is 11.5 Å². The van der Waals surface area contributed by atoms with Crippen molar-refractivity contribution in [2.45, 2.75) is 19.0 Å². The lowest BCUT2D eigenvalue weighted by Gasteiger charge is -2.10. The van der Waals surface area contributed by atoms with E-state index in [2.05, 4.69) is 15.9 Å². The molecular formula is C10H9BrClFO. The molecule has 4 heteroatoms. The third kappa shape index (κ3) is 2.55. The molecule has 0 aliphatic rings. The second-order valence-electron chi connectivity index (χ2n) is 2.95. The van der Waals surface area contributed by atoms with Crippen LogP contribution in [-0.4, -0.2) is 5.78 Å². The number of ketones is 1. The van der Waals surface area contributed by atoms with Crippen LogP contribution in [0.4, 0.5) is 4.39 Å². The highest BCUT2D eigenvalue weighted by molar-refractivity contribution is 9.10. The number of hydrogen-bond acceptors (Lipinski definition) is 1. The highest BCUT2D eigenvalue weighted by Crippen LogP contribution is 2.28. The molecule has 1 atom stereocenters. The minimum absolute atomic E-state index is 0.181. The number of Topliss-reactive ketones (excluding diaryl/α,β-unsaturated/α-hetero) is 1. The van der Waals surface area contributed by atoms with Crippen molar-refractivity contribution in [3.05, 3.63) is 33.8 Å². The average Bonchev–Trinajstić information content (AvgIpc) is 2.16. The first-order chi connectivity index (χ1) is 6.56. The zero-order valence-corrected chi connectivity index (χ0v) is 9.90. The van der Waals surface area contributed by atoms with E-state index in [4.69, 9.17) is 11.6 Å². The molecule has 0 bridgehead atoms. The van der Waals surface area contributed by atoms with Crippen LogP contribution in [0.5, 0.6) is 0 Å². The third-order valence-electron chi connectivity index (χ3n) is 1.88. The van der Waals surface area contributed by atoms with Crippen molar-refractivity contribution in [2.24, 2.45) is 0 Å². The summed E-state index contributed by atoms with van der Waals surface area (Å²) in [5, 5.41) is -0.766. The molecule has 76 valence electrons. The lowest BCUT2D eigenvalue weighted by molar-refractivity contribution is -0.116. The fraction of sp³-hybridized carbons (Fsp3) is 0.300. The molecular weight excluding hydrogens is 270 g/mol. The molecule has 0 amide bonds. The number of rotatable bonds is 3. The van der Waals surface area contributed by atoms with Gasteiger partial charge in [0.25, 0.3) is 0 Å². The Morgan fingerprint density at radius 1 is 1.64 bits per heavy atom. The second-order valence-corrected chi connectivity index (χ2v) is 4.30. The van der Waals surface area contributed by atoms with Crippen molar-refractivity contribution < 1.29 is 9.18 Å². The molecule has 0 aromatic heterocycles. The van der Waals surface area contributed by atoms with Gasteiger partial charge in [-0.15, -0.1) is 11.6 Å². The average molecular weight is 280 g/mol. The smallest absolute Gasteiger partial charge is 0.152 e. The Balaban J connectivity index is 3.16. The maximum Gasteiger partial charge on any atom is 0.152 e. The standard InChI is InChI=1S/C10H9BrClFO/c1-6(14)10(12)9-4-8(11)3-2-7(9)5-13/h2-4,10H,5H2,1H3. The fourth-order valence-electron chi connectivity index (χ4n) is 1.14. The largest absolute Gasteiger partial charge is 0.298 e. The van der Waals surface area contributed by atoms with Crippen LogP contribution in [0.2, 0.25) is 0 Å². The van der Waals surface area contributed by atoms with E-state index in [0.29, 0.717) is 11.1 Å². The van der Waals surface area contributed by atoms with Gasteiger partial charge in [-0.05, 0) is 30.2 Å². The molecule has 1 nitrogen and oxygen atoms in total. The van der Waals surface area contributed by atoms with Gasteiger partial charge in [-0.3, -0.25) is 4.79 Å². The number of alkyl halides is 2. The lowest BCUT2D eigenvalue weighted by atomic mass is 10.0. The molecule has 0 fully saturated rings. The molecule has 1 aromatic carbocycles. The SMILES string of the molecule is CC(=O)C(Cl)c1cc(Br)ccc1CF. The summed E-state index contributed by atoms with van der Waals surface area (Å²) in [4.78, 5) is 11.1. The number of halogens is 3. The quantitative estimate of drug-likeness (QED) is 0.769. The Hall–Kier alpha value is -0.410. The van der Waals surface area contributed by atoms with Crippen molar-refractivity contribution in [1.29, 1.82) is 0 Å². The third-order valence-corrected chi connectivity index (χ3v) is 2.92. The molecule has 0 aliphatic carbocycles. The zero-order valence-electron chi connectivity index (χ0n) is 7.56. The van der Waals surface area contributed by atoms with Crippen LogP contribution in [0.25, 0.3) is 0 Å². The summed E-state index contributed by atoms with van der Waals surface area (Å²) in [5.41, 5.74) is 0.999. The van der Waals surface area contributed by atoms with Gasteiger partial charge in [-0.2, -0.15) is 0 Å². The summed E-state index contributed by atoms with van der Waals surface area (Å²) < 4.78 is 13.3. The molecule has 14 heavy (non-hydrogen) atoms. The number of hydrogen-bond donors (Lipinski definition) is 0. The summed E-state index contributed by atoms with van der Waals surface area (Å²) in [5.74, 6) is -0.181. The predicted molar refractivity (Wildman–Crippen MR) is 58.2 cm³/mol. The Morgan fingerprint density at radius 2 is 2.29 bits per heavy atom. The number of carbonyl (C=O) groups excluding carboxylic acids is 1. The summed E-state index contributed by atoms with van der Waals surface area (Å²) in [6.07, 6.45) is 0. The Labute approximate surface area is 95.4 Å². The topological polar surface area (TPSA) is 17.1 Å². The van der Waals surface area contributed by atoms with Crippen molar-refractivity contribution in [1.82, 2.24) is 0 Å². The minimum atomic E-state index is -0.766. The van der Waals surface area contributed by atoms with Crippen molar-refractivity contribution in [3.63, 3.8) is 0 Å².